The standard InChI is InChI=1S/C26H26N6O4S/c1-26(2,3)24-31-30-23(36-24)16-5-7-18(8-6-16)32-37(33,34)20-13-14-21-22(15-20)29-25(28-21)27-17-9-11-19(35-4)12-10-17/h5-15,32H,1-4H3,(H2,27,28,29). The summed E-state index contributed by atoms with van der Waals surface area (Å²) < 4.78 is 39.6. The van der Waals surface area contributed by atoms with Gasteiger partial charge in [-0.1, -0.05) is 20.8 Å². The summed E-state index contributed by atoms with van der Waals surface area (Å²) in [5, 5.41) is 11.4. The van der Waals surface area contributed by atoms with Gasteiger partial charge in [0.25, 0.3) is 10.0 Å². The molecule has 0 radical (unpaired) electrons. The second-order valence-corrected chi connectivity index (χ2v) is 11.1. The van der Waals surface area contributed by atoms with E-state index in [1.54, 1.807) is 37.4 Å². The van der Waals surface area contributed by atoms with Crippen LogP contribution in [0.25, 0.3) is 22.5 Å². The van der Waals surface area contributed by atoms with E-state index in [2.05, 4.69) is 30.2 Å². The van der Waals surface area contributed by atoms with E-state index in [9.17, 15) is 8.42 Å². The highest BCUT2D eigenvalue weighted by Gasteiger charge is 2.22. The van der Waals surface area contributed by atoms with Gasteiger partial charge in [-0.15, -0.1) is 10.2 Å². The van der Waals surface area contributed by atoms with Crippen LogP contribution in [0, 0.1) is 0 Å². The number of methoxy groups -OCH3 is 1. The van der Waals surface area contributed by atoms with Crippen LogP contribution in [0.5, 0.6) is 5.75 Å². The molecule has 5 aromatic rings. The molecule has 5 rings (SSSR count). The fourth-order valence-corrected chi connectivity index (χ4v) is 4.64. The van der Waals surface area contributed by atoms with Crippen LogP contribution in [-0.4, -0.2) is 35.7 Å². The Kier molecular flexibility index (Phi) is 6.08. The first kappa shape index (κ1) is 24.3. The van der Waals surface area contributed by atoms with Crippen LogP contribution in [0.15, 0.2) is 76.0 Å². The van der Waals surface area contributed by atoms with Gasteiger partial charge in [0.2, 0.25) is 17.7 Å². The highest BCUT2D eigenvalue weighted by Crippen LogP contribution is 2.27. The minimum absolute atomic E-state index is 0.0956. The van der Waals surface area contributed by atoms with Crippen molar-refractivity contribution in [3.8, 4) is 17.2 Å². The lowest BCUT2D eigenvalue weighted by Gasteiger charge is -2.11. The van der Waals surface area contributed by atoms with Crippen LogP contribution in [0.4, 0.5) is 17.3 Å². The predicted molar refractivity (Wildman–Crippen MR) is 142 cm³/mol. The van der Waals surface area contributed by atoms with Crippen LogP contribution in [0.1, 0.15) is 26.7 Å². The summed E-state index contributed by atoms with van der Waals surface area (Å²) in [7, 11) is -2.24. The molecule has 0 unspecified atom stereocenters. The molecule has 0 aliphatic carbocycles. The minimum Gasteiger partial charge on any atom is -0.497 e. The number of ether oxygens (including phenoxy) is 1. The maximum Gasteiger partial charge on any atom is 0.261 e. The molecule has 11 heteroatoms. The molecule has 0 aliphatic rings. The van der Waals surface area contributed by atoms with Gasteiger partial charge in [0.05, 0.1) is 23.0 Å². The van der Waals surface area contributed by atoms with Gasteiger partial charge < -0.3 is 19.5 Å². The van der Waals surface area contributed by atoms with Crippen molar-refractivity contribution >= 4 is 38.4 Å². The molecule has 0 spiro atoms. The molecule has 2 aromatic heterocycles. The summed E-state index contributed by atoms with van der Waals surface area (Å²) in [4.78, 5) is 7.72. The van der Waals surface area contributed by atoms with Gasteiger partial charge >= 0.3 is 0 Å². The molecule has 0 aliphatic heterocycles. The maximum absolute atomic E-state index is 13.1. The Morgan fingerprint density at radius 2 is 1.62 bits per heavy atom. The number of nitrogens with one attached hydrogen (secondary N) is 3. The van der Waals surface area contributed by atoms with Gasteiger partial charge in [-0.25, -0.2) is 13.4 Å². The first-order chi connectivity index (χ1) is 17.6. The number of H-pyrrole nitrogens is 1. The zero-order valence-electron chi connectivity index (χ0n) is 20.7. The summed E-state index contributed by atoms with van der Waals surface area (Å²) in [5.74, 6) is 2.15. The number of hydrogen-bond acceptors (Lipinski definition) is 8. The molecule has 2 heterocycles. The van der Waals surface area contributed by atoms with Gasteiger partial charge in [-0.05, 0) is 66.7 Å². The predicted octanol–water partition coefficient (Wildman–Crippen LogP) is 5.46. The normalized spacial score (nSPS) is 12.0. The van der Waals surface area contributed by atoms with Crippen molar-refractivity contribution in [2.24, 2.45) is 0 Å². The Hall–Kier alpha value is -4.38. The number of aromatic nitrogens is 4. The second kappa shape index (κ2) is 9.25. The van der Waals surface area contributed by atoms with Crippen molar-refractivity contribution in [2.75, 3.05) is 17.1 Å². The fourth-order valence-electron chi connectivity index (χ4n) is 3.56. The van der Waals surface area contributed by atoms with Gasteiger partial charge in [-0.2, -0.15) is 0 Å². The quantitative estimate of drug-likeness (QED) is 0.258. The van der Waals surface area contributed by atoms with Gasteiger partial charge in [0.1, 0.15) is 5.75 Å². The Balaban J connectivity index is 1.32. The first-order valence-corrected chi connectivity index (χ1v) is 13.0. The molecule has 0 saturated heterocycles. The molecular formula is C26H26N6O4S. The molecule has 3 aromatic carbocycles. The first-order valence-electron chi connectivity index (χ1n) is 11.5. The Morgan fingerprint density at radius 1 is 0.919 bits per heavy atom. The summed E-state index contributed by atoms with van der Waals surface area (Å²) in [6.45, 7) is 5.96. The van der Waals surface area contributed by atoms with E-state index in [1.807, 2.05) is 45.0 Å². The summed E-state index contributed by atoms with van der Waals surface area (Å²) >= 11 is 0. The number of fused-ring (bicyclic) bond motifs is 1. The molecule has 10 nitrogen and oxygen atoms in total. The van der Waals surface area contributed by atoms with Crippen molar-refractivity contribution in [1.82, 2.24) is 20.2 Å². The number of imidazole rings is 1. The van der Waals surface area contributed by atoms with Crippen molar-refractivity contribution in [3.63, 3.8) is 0 Å². The number of hydrogen-bond donors (Lipinski definition) is 3. The van der Waals surface area contributed by atoms with Crippen molar-refractivity contribution in [2.45, 2.75) is 31.1 Å². The van der Waals surface area contributed by atoms with E-state index in [1.165, 1.54) is 12.1 Å². The second-order valence-electron chi connectivity index (χ2n) is 9.46. The topological polar surface area (TPSA) is 135 Å². The monoisotopic (exact) mass is 518 g/mol. The van der Waals surface area contributed by atoms with Crippen molar-refractivity contribution in [1.29, 1.82) is 0 Å². The largest absolute Gasteiger partial charge is 0.497 e. The molecule has 190 valence electrons. The average Bonchev–Trinajstić information content (AvgIpc) is 3.51. The van der Waals surface area contributed by atoms with E-state index in [0.29, 0.717) is 40.0 Å². The van der Waals surface area contributed by atoms with Gasteiger partial charge in [0.15, 0.2) is 0 Å². The molecule has 0 amide bonds. The van der Waals surface area contributed by atoms with E-state index in [-0.39, 0.29) is 10.3 Å². The van der Waals surface area contributed by atoms with E-state index in [4.69, 9.17) is 9.15 Å². The Labute approximate surface area is 214 Å². The Bertz CT molecular complexity index is 1650. The van der Waals surface area contributed by atoms with Crippen LogP contribution < -0.4 is 14.8 Å². The molecule has 0 fully saturated rings. The van der Waals surface area contributed by atoms with E-state index in [0.717, 1.165) is 11.4 Å². The Morgan fingerprint density at radius 3 is 2.27 bits per heavy atom. The maximum atomic E-state index is 13.1. The smallest absolute Gasteiger partial charge is 0.261 e. The van der Waals surface area contributed by atoms with Crippen LogP contribution in [-0.2, 0) is 15.4 Å². The number of sulfonamides is 1. The van der Waals surface area contributed by atoms with Gasteiger partial charge in [0, 0.05) is 22.4 Å². The SMILES string of the molecule is COc1ccc(Nc2nc3cc(S(=O)(=O)Nc4ccc(-c5nnc(C(C)(C)C)o5)cc4)ccc3[nH]2)cc1. The zero-order chi connectivity index (χ0) is 26.2. The van der Waals surface area contributed by atoms with Crippen molar-refractivity contribution in [3.05, 3.63) is 72.6 Å². The molecule has 37 heavy (non-hydrogen) atoms. The molecule has 0 saturated carbocycles. The van der Waals surface area contributed by atoms with E-state index >= 15 is 0 Å². The zero-order valence-corrected chi connectivity index (χ0v) is 21.6. The third kappa shape index (κ3) is 5.26. The third-order valence-electron chi connectivity index (χ3n) is 5.57. The van der Waals surface area contributed by atoms with Crippen molar-refractivity contribution < 1.29 is 17.6 Å². The lowest BCUT2D eigenvalue weighted by Crippen LogP contribution is -2.12. The molecule has 3 N–H and O–H groups in total. The summed E-state index contributed by atoms with van der Waals surface area (Å²) in [6.07, 6.45) is 0. The summed E-state index contributed by atoms with van der Waals surface area (Å²) in [6, 6.07) is 18.9. The highest BCUT2D eigenvalue weighted by molar-refractivity contribution is 7.92. The number of anilines is 3. The molecule has 0 atom stereocenters. The lowest BCUT2D eigenvalue weighted by atomic mass is 9.97. The van der Waals surface area contributed by atoms with E-state index < -0.39 is 10.0 Å². The van der Waals surface area contributed by atoms with Crippen LogP contribution >= 0.6 is 0 Å². The highest BCUT2D eigenvalue weighted by atomic mass is 32.2. The number of rotatable bonds is 7. The lowest BCUT2D eigenvalue weighted by molar-refractivity contribution is 0.399. The minimum atomic E-state index is -3.84. The summed E-state index contributed by atoms with van der Waals surface area (Å²) in [5.41, 5.74) is 2.87. The molecular weight excluding hydrogens is 492 g/mol. The van der Waals surface area contributed by atoms with Crippen LogP contribution in [0.2, 0.25) is 0 Å². The number of benzene rings is 3. The molecule has 0 bridgehead atoms. The number of aromatic amines is 1. The van der Waals surface area contributed by atoms with Crippen LogP contribution in [0.3, 0.4) is 0 Å². The average molecular weight is 519 g/mol. The van der Waals surface area contributed by atoms with Gasteiger partial charge in [-0.3, -0.25) is 4.72 Å². The number of nitrogens with zero attached hydrogens (tertiary/aromatic N) is 3. The third-order valence-corrected chi connectivity index (χ3v) is 6.95. The fraction of sp³-hybridized carbons (Fsp3) is 0.192.